The summed E-state index contributed by atoms with van der Waals surface area (Å²) in [4.78, 5) is 12.5. The van der Waals surface area contributed by atoms with Crippen LogP contribution in [0.1, 0.15) is 34.3 Å². The van der Waals surface area contributed by atoms with Gasteiger partial charge in [-0.15, -0.1) is 0 Å². The van der Waals surface area contributed by atoms with E-state index in [2.05, 4.69) is 17.4 Å². The van der Waals surface area contributed by atoms with Gasteiger partial charge in [0.15, 0.2) is 11.5 Å². The fourth-order valence-corrected chi connectivity index (χ4v) is 3.16. The number of ether oxygens (including phenoxy) is 2. The van der Waals surface area contributed by atoms with Crippen LogP contribution in [0.5, 0.6) is 11.5 Å². The lowest BCUT2D eigenvalue weighted by Gasteiger charge is -2.10. The summed E-state index contributed by atoms with van der Waals surface area (Å²) in [6, 6.07) is 11.5. The Balaban J connectivity index is 1.54. The molecule has 1 aliphatic carbocycles. The summed E-state index contributed by atoms with van der Waals surface area (Å²) in [6.07, 6.45) is 4.30. The van der Waals surface area contributed by atoms with Crippen LogP contribution in [-0.4, -0.2) is 19.1 Å². The molecule has 0 radical (unpaired) electrons. The highest BCUT2D eigenvalue weighted by molar-refractivity contribution is 6.04. The van der Waals surface area contributed by atoms with Gasteiger partial charge in [0.1, 0.15) is 0 Å². The van der Waals surface area contributed by atoms with Crippen LogP contribution in [0.2, 0.25) is 0 Å². The average Bonchev–Trinajstić information content (AvgIpc) is 2.90. The molecule has 2 aromatic carbocycles. The van der Waals surface area contributed by atoms with Gasteiger partial charge in [-0.2, -0.15) is 0 Å². The summed E-state index contributed by atoms with van der Waals surface area (Å²) in [5.74, 6) is 1.22. The first-order valence-corrected chi connectivity index (χ1v) is 8.12. The van der Waals surface area contributed by atoms with Gasteiger partial charge in [-0.05, 0) is 60.7 Å². The van der Waals surface area contributed by atoms with Crippen LogP contribution in [0, 0.1) is 0 Å². The van der Waals surface area contributed by atoms with E-state index in [9.17, 15) is 4.79 Å². The first-order valence-electron chi connectivity index (χ1n) is 8.12. The first kappa shape index (κ1) is 14.1. The van der Waals surface area contributed by atoms with E-state index in [-0.39, 0.29) is 5.91 Å². The molecule has 2 aromatic rings. The number of carbonyl (C=O) groups is 1. The number of anilines is 1. The Kier molecular flexibility index (Phi) is 3.66. The van der Waals surface area contributed by atoms with Crippen molar-refractivity contribution >= 4 is 11.6 Å². The van der Waals surface area contributed by atoms with Gasteiger partial charge in [0.05, 0.1) is 13.2 Å². The Hall–Kier alpha value is -2.49. The van der Waals surface area contributed by atoms with Crippen molar-refractivity contribution in [2.24, 2.45) is 0 Å². The van der Waals surface area contributed by atoms with Crippen LogP contribution < -0.4 is 14.8 Å². The second-order valence-electron chi connectivity index (χ2n) is 6.00. The minimum atomic E-state index is -0.126. The highest BCUT2D eigenvalue weighted by Gasteiger charge is 2.15. The molecule has 2 aliphatic rings. The molecule has 4 nitrogen and oxygen atoms in total. The Bertz CT molecular complexity index is 754. The molecular weight excluding hydrogens is 290 g/mol. The predicted octanol–water partition coefficient (Wildman–Crippen LogP) is 3.59. The molecule has 0 bridgehead atoms. The van der Waals surface area contributed by atoms with Crippen LogP contribution >= 0.6 is 0 Å². The molecule has 1 amide bonds. The zero-order valence-electron chi connectivity index (χ0n) is 12.9. The van der Waals surface area contributed by atoms with E-state index in [4.69, 9.17) is 9.47 Å². The van der Waals surface area contributed by atoms with Gasteiger partial charge in [0.25, 0.3) is 5.91 Å². The van der Waals surface area contributed by atoms with Crippen LogP contribution in [0.25, 0.3) is 0 Å². The molecule has 0 unspecified atom stereocenters. The maximum Gasteiger partial charge on any atom is 0.255 e. The van der Waals surface area contributed by atoms with Gasteiger partial charge in [0.2, 0.25) is 0 Å². The number of rotatable bonds is 2. The minimum Gasteiger partial charge on any atom is -0.490 e. The largest absolute Gasteiger partial charge is 0.490 e. The normalized spacial score (nSPS) is 15.7. The Morgan fingerprint density at radius 2 is 1.70 bits per heavy atom. The van der Waals surface area contributed by atoms with Gasteiger partial charge < -0.3 is 14.8 Å². The lowest BCUT2D eigenvalue weighted by Crippen LogP contribution is -2.12. The van der Waals surface area contributed by atoms with Gasteiger partial charge in [0, 0.05) is 17.7 Å². The monoisotopic (exact) mass is 309 g/mol. The first-order chi connectivity index (χ1) is 11.3. The topological polar surface area (TPSA) is 47.6 Å². The Labute approximate surface area is 135 Å². The van der Waals surface area contributed by atoms with Crippen molar-refractivity contribution in [1.82, 2.24) is 0 Å². The summed E-state index contributed by atoms with van der Waals surface area (Å²) in [5.41, 5.74) is 4.18. The zero-order chi connectivity index (χ0) is 15.6. The number of nitrogens with one attached hydrogen (secondary N) is 1. The molecule has 1 aliphatic heterocycles. The summed E-state index contributed by atoms with van der Waals surface area (Å²) in [7, 11) is 0. The molecule has 0 atom stereocenters. The molecule has 1 N–H and O–H groups in total. The van der Waals surface area contributed by atoms with Crippen molar-refractivity contribution < 1.29 is 14.3 Å². The van der Waals surface area contributed by atoms with E-state index < -0.39 is 0 Å². The summed E-state index contributed by atoms with van der Waals surface area (Å²) in [6.45, 7) is 1.26. The molecule has 0 saturated heterocycles. The van der Waals surface area contributed by atoms with Crippen LogP contribution in [0.15, 0.2) is 36.4 Å². The Morgan fingerprint density at radius 1 is 0.870 bits per heavy atom. The molecule has 1 heterocycles. The lowest BCUT2D eigenvalue weighted by molar-refractivity contribution is 0.102. The highest BCUT2D eigenvalue weighted by Crippen LogP contribution is 2.31. The molecule has 0 fully saturated rings. The van der Waals surface area contributed by atoms with Crippen molar-refractivity contribution in [3.05, 3.63) is 53.1 Å². The second-order valence-corrected chi connectivity index (χ2v) is 6.00. The third-order valence-electron chi connectivity index (χ3n) is 4.37. The Morgan fingerprint density at radius 3 is 2.61 bits per heavy atom. The minimum absolute atomic E-state index is 0.126. The van der Waals surface area contributed by atoms with Gasteiger partial charge in [-0.1, -0.05) is 6.07 Å². The van der Waals surface area contributed by atoms with E-state index >= 15 is 0 Å². The lowest BCUT2D eigenvalue weighted by atomic mass is 10.1. The molecule has 0 saturated carbocycles. The van der Waals surface area contributed by atoms with Gasteiger partial charge in [-0.3, -0.25) is 4.79 Å². The highest BCUT2D eigenvalue weighted by atomic mass is 16.5. The summed E-state index contributed by atoms with van der Waals surface area (Å²) in [5, 5.41) is 2.98. The number of aryl methyl sites for hydroxylation is 2. The predicted molar refractivity (Wildman–Crippen MR) is 88.5 cm³/mol. The average molecular weight is 309 g/mol. The number of benzene rings is 2. The van der Waals surface area contributed by atoms with Crippen LogP contribution in [0.4, 0.5) is 5.69 Å². The smallest absolute Gasteiger partial charge is 0.255 e. The van der Waals surface area contributed by atoms with Gasteiger partial charge >= 0.3 is 0 Å². The standard InChI is InChI=1S/C19H19NO3/c21-19(20-16-7-5-13-3-1-4-14(13)11-16)15-6-8-17-18(12-15)23-10-2-9-22-17/h5-8,11-12H,1-4,9-10H2,(H,20,21). The summed E-state index contributed by atoms with van der Waals surface area (Å²) < 4.78 is 11.2. The molecule has 23 heavy (non-hydrogen) atoms. The van der Waals surface area contributed by atoms with Crippen molar-refractivity contribution in [3.63, 3.8) is 0 Å². The number of hydrogen-bond donors (Lipinski definition) is 1. The number of hydrogen-bond acceptors (Lipinski definition) is 3. The fraction of sp³-hybridized carbons (Fsp3) is 0.316. The van der Waals surface area contributed by atoms with E-state index in [0.717, 1.165) is 24.9 Å². The maximum atomic E-state index is 12.5. The number of fused-ring (bicyclic) bond motifs is 2. The van der Waals surface area contributed by atoms with E-state index in [0.29, 0.717) is 30.3 Å². The molecule has 4 heteroatoms. The van der Waals surface area contributed by atoms with E-state index in [1.54, 1.807) is 18.2 Å². The van der Waals surface area contributed by atoms with Crippen molar-refractivity contribution in [3.8, 4) is 11.5 Å². The fourth-order valence-electron chi connectivity index (χ4n) is 3.16. The van der Waals surface area contributed by atoms with Crippen molar-refractivity contribution in [2.45, 2.75) is 25.7 Å². The van der Waals surface area contributed by atoms with E-state index in [1.165, 1.54) is 17.5 Å². The van der Waals surface area contributed by atoms with Crippen molar-refractivity contribution in [1.29, 1.82) is 0 Å². The quantitative estimate of drug-likeness (QED) is 0.922. The third kappa shape index (κ3) is 2.89. The van der Waals surface area contributed by atoms with Crippen LogP contribution in [0.3, 0.4) is 0 Å². The SMILES string of the molecule is O=C(Nc1ccc2c(c1)CCC2)c1ccc2c(c1)OCCCO2. The maximum absolute atomic E-state index is 12.5. The third-order valence-corrected chi connectivity index (χ3v) is 4.37. The second kappa shape index (κ2) is 5.95. The molecule has 4 rings (SSSR count). The van der Waals surface area contributed by atoms with Crippen LogP contribution in [-0.2, 0) is 12.8 Å². The number of carbonyl (C=O) groups excluding carboxylic acids is 1. The number of amides is 1. The molecule has 0 spiro atoms. The summed E-state index contributed by atoms with van der Waals surface area (Å²) >= 11 is 0. The zero-order valence-corrected chi connectivity index (χ0v) is 12.9. The van der Waals surface area contributed by atoms with Crippen molar-refractivity contribution in [2.75, 3.05) is 18.5 Å². The van der Waals surface area contributed by atoms with Gasteiger partial charge in [-0.25, -0.2) is 0 Å². The molecular formula is C19H19NO3. The van der Waals surface area contributed by atoms with E-state index in [1.807, 2.05) is 6.07 Å². The molecule has 118 valence electrons. The molecule has 0 aromatic heterocycles.